The molecular weight excluding hydrogens is 236 g/mol. The van der Waals surface area contributed by atoms with Gasteiger partial charge in [-0.25, -0.2) is 0 Å². The Morgan fingerprint density at radius 2 is 1.95 bits per heavy atom. The van der Waals surface area contributed by atoms with Crippen molar-refractivity contribution in [3.05, 3.63) is 35.9 Å². The first-order chi connectivity index (χ1) is 9.13. The molecule has 0 radical (unpaired) electrons. The van der Waals surface area contributed by atoms with E-state index in [0.29, 0.717) is 18.5 Å². The third-order valence-electron chi connectivity index (χ3n) is 4.08. The molecule has 0 spiro atoms. The fourth-order valence-corrected chi connectivity index (χ4v) is 2.41. The maximum absolute atomic E-state index is 12.5. The second-order valence-electron chi connectivity index (χ2n) is 5.54. The summed E-state index contributed by atoms with van der Waals surface area (Å²) in [6.45, 7) is 4.82. The highest BCUT2D eigenvalue weighted by molar-refractivity contribution is 5.81. The van der Waals surface area contributed by atoms with Crippen molar-refractivity contribution in [1.82, 2.24) is 10.2 Å². The van der Waals surface area contributed by atoms with E-state index in [1.54, 1.807) is 0 Å². The van der Waals surface area contributed by atoms with Crippen LogP contribution < -0.4 is 5.32 Å². The molecule has 0 aromatic heterocycles. The molecule has 1 aliphatic rings. The maximum Gasteiger partial charge on any atom is 0.239 e. The van der Waals surface area contributed by atoms with E-state index in [2.05, 4.69) is 24.4 Å². The van der Waals surface area contributed by atoms with Crippen LogP contribution in [0.3, 0.4) is 0 Å². The summed E-state index contributed by atoms with van der Waals surface area (Å²) < 4.78 is 0. The SMILES string of the molecule is CNC(C)C(=O)N(Cc1ccccc1)C(C)C1CC1. The Bertz CT molecular complexity index is 414. The molecule has 1 amide bonds. The fraction of sp³-hybridized carbons (Fsp3) is 0.562. The first-order valence-electron chi connectivity index (χ1n) is 7.15. The van der Waals surface area contributed by atoms with Gasteiger partial charge >= 0.3 is 0 Å². The quantitative estimate of drug-likeness (QED) is 0.852. The lowest BCUT2D eigenvalue weighted by atomic mass is 10.1. The van der Waals surface area contributed by atoms with E-state index in [1.807, 2.05) is 37.1 Å². The van der Waals surface area contributed by atoms with Gasteiger partial charge in [0, 0.05) is 12.6 Å². The topological polar surface area (TPSA) is 32.3 Å². The number of rotatable bonds is 6. The second-order valence-corrected chi connectivity index (χ2v) is 5.54. The van der Waals surface area contributed by atoms with Crippen LogP contribution in [-0.2, 0) is 11.3 Å². The molecule has 3 nitrogen and oxygen atoms in total. The summed E-state index contributed by atoms with van der Waals surface area (Å²) in [6, 6.07) is 10.5. The lowest BCUT2D eigenvalue weighted by Gasteiger charge is -2.32. The average molecular weight is 260 g/mol. The summed E-state index contributed by atoms with van der Waals surface area (Å²) in [6.07, 6.45) is 2.52. The fourth-order valence-electron chi connectivity index (χ4n) is 2.41. The molecule has 1 saturated carbocycles. The molecule has 104 valence electrons. The van der Waals surface area contributed by atoms with Crippen LogP contribution in [0.25, 0.3) is 0 Å². The predicted molar refractivity (Wildman–Crippen MR) is 77.7 cm³/mol. The van der Waals surface area contributed by atoms with Gasteiger partial charge in [0.05, 0.1) is 6.04 Å². The van der Waals surface area contributed by atoms with E-state index in [4.69, 9.17) is 0 Å². The van der Waals surface area contributed by atoms with Gasteiger partial charge in [-0.15, -0.1) is 0 Å². The standard InChI is InChI=1S/C16H24N2O/c1-12(17-3)16(19)18(13(2)15-9-10-15)11-14-7-5-4-6-8-14/h4-8,12-13,15,17H,9-11H2,1-3H3. The molecule has 2 atom stereocenters. The van der Waals surface area contributed by atoms with Gasteiger partial charge in [-0.05, 0) is 45.2 Å². The third-order valence-corrected chi connectivity index (χ3v) is 4.08. The van der Waals surface area contributed by atoms with Crippen LogP contribution in [0.4, 0.5) is 0 Å². The van der Waals surface area contributed by atoms with E-state index >= 15 is 0 Å². The van der Waals surface area contributed by atoms with Crippen molar-refractivity contribution in [2.24, 2.45) is 5.92 Å². The highest BCUT2D eigenvalue weighted by Gasteiger charge is 2.35. The van der Waals surface area contributed by atoms with E-state index in [-0.39, 0.29) is 11.9 Å². The summed E-state index contributed by atoms with van der Waals surface area (Å²) in [4.78, 5) is 14.6. The summed E-state index contributed by atoms with van der Waals surface area (Å²) in [5, 5.41) is 3.05. The van der Waals surface area contributed by atoms with Gasteiger partial charge in [-0.3, -0.25) is 4.79 Å². The molecule has 1 aliphatic carbocycles. The van der Waals surface area contributed by atoms with Crippen LogP contribution in [0, 0.1) is 5.92 Å². The van der Waals surface area contributed by atoms with E-state index in [9.17, 15) is 4.79 Å². The molecule has 0 heterocycles. The van der Waals surface area contributed by atoms with Crippen LogP contribution in [0.5, 0.6) is 0 Å². The molecule has 0 bridgehead atoms. The average Bonchev–Trinajstić information content (AvgIpc) is 3.28. The van der Waals surface area contributed by atoms with Gasteiger partial charge in [0.15, 0.2) is 0 Å². The van der Waals surface area contributed by atoms with Gasteiger partial charge in [0.2, 0.25) is 5.91 Å². The normalized spacial score (nSPS) is 17.8. The van der Waals surface area contributed by atoms with Crippen molar-refractivity contribution in [3.8, 4) is 0 Å². The van der Waals surface area contributed by atoms with Crippen molar-refractivity contribution in [3.63, 3.8) is 0 Å². The highest BCUT2D eigenvalue weighted by Crippen LogP contribution is 2.35. The molecule has 0 saturated heterocycles. The summed E-state index contributed by atoms with van der Waals surface area (Å²) in [5.41, 5.74) is 1.20. The van der Waals surface area contributed by atoms with E-state index in [1.165, 1.54) is 18.4 Å². The molecule has 2 rings (SSSR count). The van der Waals surface area contributed by atoms with Crippen LogP contribution in [0.2, 0.25) is 0 Å². The second kappa shape index (κ2) is 6.20. The molecule has 3 heteroatoms. The van der Waals surface area contributed by atoms with E-state index < -0.39 is 0 Å². The summed E-state index contributed by atoms with van der Waals surface area (Å²) in [5.74, 6) is 0.891. The van der Waals surface area contributed by atoms with Gasteiger partial charge in [0.1, 0.15) is 0 Å². The Morgan fingerprint density at radius 3 is 2.47 bits per heavy atom. The molecule has 0 aliphatic heterocycles. The third kappa shape index (κ3) is 3.57. The molecular formula is C16H24N2O. The van der Waals surface area contributed by atoms with Crippen molar-refractivity contribution in [1.29, 1.82) is 0 Å². The minimum absolute atomic E-state index is 0.120. The lowest BCUT2D eigenvalue weighted by molar-refractivity contribution is -0.136. The van der Waals surface area contributed by atoms with Crippen LogP contribution in [0.15, 0.2) is 30.3 Å². The first-order valence-corrected chi connectivity index (χ1v) is 7.15. The van der Waals surface area contributed by atoms with Crippen LogP contribution in [0.1, 0.15) is 32.3 Å². The van der Waals surface area contributed by atoms with Crippen molar-refractivity contribution < 1.29 is 4.79 Å². The molecule has 1 N–H and O–H groups in total. The van der Waals surface area contributed by atoms with Gasteiger partial charge in [-0.1, -0.05) is 30.3 Å². The zero-order valence-electron chi connectivity index (χ0n) is 12.1. The smallest absolute Gasteiger partial charge is 0.239 e. The van der Waals surface area contributed by atoms with E-state index in [0.717, 1.165) is 0 Å². The number of nitrogens with one attached hydrogen (secondary N) is 1. The lowest BCUT2D eigenvalue weighted by Crippen LogP contribution is -2.47. The molecule has 1 aromatic rings. The number of hydrogen-bond acceptors (Lipinski definition) is 2. The Morgan fingerprint density at radius 1 is 1.32 bits per heavy atom. The molecule has 19 heavy (non-hydrogen) atoms. The van der Waals surface area contributed by atoms with Crippen LogP contribution >= 0.6 is 0 Å². The Hall–Kier alpha value is -1.35. The molecule has 2 unspecified atom stereocenters. The van der Waals surface area contributed by atoms with Crippen molar-refractivity contribution in [2.75, 3.05) is 7.05 Å². The predicted octanol–water partition coefficient (Wildman–Crippen LogP) is 2.42. The molecule has 1 fully saturated rings. The number of carbonyl (C=O) groups is 1. The number of carbonyl (C=O) groups excluding carboxylic acids is 1. The number of benzene rings is 1. The minimum atomic E-state index is -0.120. The Balaban J connectivity index is 2.11. The van der Waals surface area contributed by atoms with Crippen LogP contribution in [-0.4, -0.2) is 29.9 Å². The molecule has 1 aromatic carbocycles. The van der Waals surface area contributed by atoms with Gasteiger partial charge < -0.3 is 10.2 Å². The Labute approximate surface area is 116 Å². The van der Waals surface area contributed by atoms with Crippen molar-refractivity contribution in [2.45, 2.75) is 45.3 Å². The largest absolute Gasteiger partial charge is 0.334 e. The highest BCUT2D eigenvalue weighted by atomic mass is 16.2. The number of amides is 1. The number of likely N-dealkylation sites (N-methyl/N-ethyl adjacent to an activating group) is 1. The van der Waals surface area contributed by atoms with Gasteiger partial charge in [-0.2, -0.15) is 0 Å². The number of hydrogen-bond donors (Lipinski definition) is 1. The monoisotopic (exact) mass is 260 g/mol. The zero-order valence-corrected chi connectivity index (χ0v) is 12.1. The summed E-state index contributed by atoms with van der Waals surface area (Å²) in [7, 11) is 1.84. The van der Waals surface area contributed by atoms with Crippen molar-refractivity contribution >= 4 is 5.91 Å². The zero-order chi connectivity index (χ0) is 13.8. The summed E-state index contributed by atoms with van der Waals surface area (Å²) >= 11 is 0. The number of nitrogens with zero attached hydrogens (tertiary/aromatic N) is 1. The van der Waals surface area contributed by atoms with Gasteiger partial charge in [0.25, 0.3) is 0 Å². The maximum atomic E-state index is 12.5. The minimum Gasteiger partial charge on any atom is -0.334 e. The first kappa shape index (κ1) is 14.1. The Kier molecular flexibility index (Phi) is 4.59.